The first-order chi connectivity index (χ1) is 13.1. The molecular formula is C25H26O2. The molecule has 2 fully saturated rings. The Morgan fingerprint density at radius 3 is 2.74 bits per heavy atom. The number of phenols is 1. The van der Waals surface area contributed by atoms with Gasteiger partial charge >= 0.3 is 0 Å². The molecule has 0 aromatic heterocycles. The van der Waals surface area contributed by atoms with Crippen LogP contribution < -0.4 is 0 Å². The molecule has 2 saturated carbocycles. The third-order valence-corrected chi connectivity index (χ3v) is 7.49. The number of benzene rings is 2. The van der Waals surface area contributed by atoms with E-state index in [1.807, 2.05) is 30.3 Å². The second-order valence-electron chi connectivity index (χ2n) is 8.87. The SMILES string of the molecule is C[C@]12CC[C@@H]3c4ccc(O)cc4CC[C@H]3[C@@H]1C/C(=C\c1ccccc1)C2=O. The molecule has 5 rings (SSSR count). The molecule has 27 heavy (non-hydrogen) atoms. The number of hydrogen-bond donors (Lipinski definition) is 1. The van der Waals surface area contributed by atoms with E-state index in [2.05, 4.69) is 31.2 Å². The predicted octanol–water partition coefficient (Wildman–Crippen LogP) is 5.51. The van der Waals surface area contributed by atoms with Gasteiger partial charge in [0.25, 0.3) is 0 Å². The summed E-state index contributed by atoms with van der Waals surface area (Å²) in [5.41, 5.74) is 4.68. The first-order valence-electron chi connectivity index (χ1n) is 10.2. The summed E-state index contributed by atoms with van der Waals surface area (Å²) >= 11 is 0. The van der Waals surface area contributed by atoms with Gasteiger partial charge in [-0.2, -0.15) is 0 Å². The highest BCUT2D eigenvalue weighted by Gasteiger charge is 2.56. The smallest absolute Gasteiger partial charge is 0.165 e. The quantitative estimate of drug-likeness (QED) is 0.682. The molecule has 3 aliphatic carbocycles. The minimum atomic E-state index is -0.198. The Morgan fingerprint density at radius 2 is 1.93 bits per heavy atom. The fourth-order valence-electron chi connectivity index (χ4n) is 6.12. The predicted molar refractivity (Wildman–Crippen MR) is 108 cm³/mol. The maximum atomic E-state index is 13.3. The highest BCUT2D eigenvalue weighted by atomic mass is 16.3. The molecule has 4 atom stereocenters. The number of rotatable bonds is 1. The fourth-order valence-corrected chi connectivity index (χ4v) is 6.12. The lowest BCUT2D eigenvalue weighted by Crippen LogP contribution is -2.42. The number of ketones is 1. The molecule has 0 heterocycles. The zero-order valence-electron chi connectivity index (χ0n) is 15.8. The lowest BCUT2D eigenvalue weighted by molar-refractivity contribution is -0.127. The van der Waals surface area contributed by atoms with Crippen LogP contribution >= 0.6 is 0 Å². The molecule has 138 valence electrons. The minimum absolute atomic E-state index is 0.198. The Kier molecular flexibility index (Phi) is 3.79. The van der Waals surface area contributed by atoms with Crippen LogP contribution in [-0.4, -0.2) is 10.9 Å². The van der Waals surface area contributed by atoms with Crippen LogP contribution in [0.3, 0.4) is 0 Å². The molecule has 0 spiro atoms. The van der Waals surface area contributed by atoms with Crippen molar-refractivity contribution in [2.24, 2.45) is 17.3 Å². The van der Waals surface area contributed by atoms with Crippen LogP contribution in [0.5, 0.6) is 5.75 Å². The van der Waals surface area contributed by atoms with Gasteiger partial charge in [0.1, 0.15) is 5.75 Å². The van der Waals surface area contributed by atoms with Gasteiger partial charge in [-0.1, -0.05) is 43.3 Å². The van der Waals surface area contributed by atoms with Gasteiger partial charge in [-0.25, -0.2) is 0 Å². The number of aryl methyl sites for hydroxylation is 1. The molecule has 1 N–H and O–H groups in total. The molecule has 0 saturated heterocycles. The lowest BCUT2D eigenvalue weighted by Gasteiger charge is -2.48. The van der Waals surface area contributed by atoms with Crippen LogP contribution in [-0.2, 0) is 11.2 Å². The Balaban J connectivity index is 1.50. The van der Waals surface area contributed by atoms with Crippen LogP contribution in [0.4, 0.5) is 0 Å². The zero-order chi connectivity index (χ0) is 18.6. The van der Waals surface area contributed by atoms with Gasteiger partial charge in [-0.05, 0) is 90.3 Å². The fraction of sp³-hybridized carbons (Fsp3) is 0.400. The normalized spacial score (nSPS) is 33.4. The number of carbonyl (C=O) groups is 1. The molecule has 0 radical (unpaired) electrons. The second kappa shape index (κ2) is 6.09. The maximum absolute atomic E-state index is 13.3. The number of carbonyl (C=O) groups excluding carboxylic acids is 1. The number of fused-ring (bicyclic) bond motifs is 5. The van der Waals surface area contributed by atoms with Crippen molar-refractivity contribution in [3.8, 4) is 5.75 Å². The molecular weight excluding hydrogens is 332 g/mol. The highest BCUT2D eigenvalue weighted by Crippen LogP contribution is 2.60. The summed E-state index contributed by atoms with van der Waals surface area (Å²) < 4.78 is 0. The van der Waals surface area contributed by atoms with Gasteiger partial charge < -0.3 is 5.11 Å². The van der Waals surface area contributed by atoms with Crippen molar-refractivity contribution >= 4 is 11.9 Å². The number of aromatic hydroxyl groups is 1. The molecule has 0 aliphatic heterocycles. The lowest BCUT2D eigenvalue weighted by atomic mass is 9.55. The summed E-state index contributed by atoms with van der Waals surface area (Å²) in [6, 6.07) is 16.1. The van der Waals surface area contributed by atoms with Crippen molar-refractivity contribution in [2.45, 2.75) is 44.9 Å². The van der Waals surface area contributed by atoms with Crippen molar-refractivity contribution in [3.05, 3.63) is 70.8 Å². The molecule has 2 aromatic carbocycles. The van der Waals surface area contributed by atoms with Crippen LogP contribution in [0, 0.1) is 17.3 Å². The summed E-state index contributed by atoms with van der Waals surface area (Å²) in [5, 5.41) is 9.83. The van der Waals surface area contributed by atoms with E-state index in [0.29, 0.717) is 29.3 Å². The number of hydrogen-bond acceptors (Lipinski definition) is 2. The van der Waals surface area contributed by atoms with E-state index in [1.165, 1.54) is 11.1 Å². The molecule has 2 aromatic rings. The largest absolute Gasteiger partial charge is 0.508 e. The molecule has 0 bridgehead atoms. The van der Waals surface area contributed by atoms with Crippen LogP contribution in [0.15, 0.2) is 54.1 Å². The van der Waals surface area contributed by atoms with Gasteiger partial charge in [-0.15, -0.1) is 0 Å². The Labute approximate surface area is 160 Å². The van der Waals surface area contributed by atoms with Crippen LogP contribution in [0.2, 0.25) is 0 Å². The summed E-state index contributed by atoms with van der Waals surface area (Å²) in [5.74, 6) is 2.31. The summed E-state index contributed by atoms with van der Waals surface area (Å²) in [6.07, 6.45) is 7.25. The van der Waals surface area contributed by atoms with E-state index in [0.717, 1.165) is 43.2 Å². The van der Waals surface area contributed by atoms with Crippen LogP contribution in [0.1, 0.15) is 55.2 Å². The topological polar surface area (TPSA) is 37.3 Å². The first-order valence-corrected chi connectivity index (χ1v) is 10.2. The Hall–Kier alpha value is -2.35. The van der Waals surface area contributed by atoms with Gasteiger partial charge in [0.15, 0.2) is 5.78 Å². The van der Waals surface area contributed by atoms with E-state index >= 15 is 0 Å². The van der Waals surface area contributed by atoms with Crippen molar-refractivity contribution in [1.82, 2.24) is 0 Å². The summed E-state index contributed by atoms with van der Waals surface area (Å²) in [6.45, 7) is 2.22. The number of Topliss-reactive ketones (excluding diaryl/α,β-unsaturated/α-hetero) is 1. The van der Waals surface area contributed by atoms with Crippen molar-refractivity contribution in [1.29, 1.82) is 0 Å². The van der Waals surface area contributed by atoms with Gasteiger partial charge in [0, 0.05) is 5.41 Å². The minimum Gasteiger partial charge on any atom is -0.508 e. The van der Waals surface area contributed by atoms with Crippen molar-refractivity contribution < 1.29 is 9.90 Å². The molecule has 0 amide bonds. The van der Waals surface area contributed by atoms with E-state index in [9.17, 15) is 9.90 Å². The van der Waals surface area contributed by atoms with Crippen molar-refractivity contribution in [2.75, 3.05) is 0 Å². The van der Waals surface area contributed by atoms with Gasteiger partial charge in [-0.3, -0.25) is 4.79 Å². The average molecular weight is 358 g/mol. The third-order valence-electron chi connectivity index (χ3n) is 7.49. The van der Waals surface area contributed by atoms with Gasteiger partial charge in [0.05, 0.1) is 0 Å². The van der Waals surface area contributed by atoms with E-state index in [4.69, 9.17) is 0 Å². The van der Waals surface area contributed by atoms with E-state index in [-0.39, 0.29) is 5.41 Å². The van der Waals surface area contributed by atoms with E-state index in [1.54, 1.807) is 0 Å². The summed E-state index contributed by atoms with van der Waals surface area (Å²) in [4.78, 5) is 13.3. The van der Waals surface area contributed by atoms with Crippen molar-refractivity contribution in [3.63, 3.8) is 0 Å². The Morgan fingerprint density at radius 1 is 1.11 bits per heavy atom. The standard InChI is InChI=1S/C25H26O2/c1-25-12-11-21-20-10-8-19(26)14-17(20)7-9-22(21)23(25)15-18(24(25)27)13-16-5-3-2-4-6-16/h2-6,8,10,13-14,21-23,26H,7,9,11-12,15H2,1H3/b18-13+/t21-,22-,23+,25+/m1/s1. The van der Waals surface area contributed by atoms with E-state index < -0.39 is 0 Å². The Bertz CT molecular complexity index is 927. The molecule has 3 aliphatic rings. The number of allylic oxidation sites excluding steroid dienone is 1. The van der Waals surface area contributed by atoms with Crippen LogP contribution in [0.25, 0.3) is 6.08 Å². The third kappa shape index (κ3) is 2.57. The highest BCUT2D eigenvalue weighted by molar-refractivity contribution is 6.06. The summed E-state index contributed by atoms with van der Waals surface area (Å²) in [7, 11) is 0. The number of phenolic OH excluding ortho intramolecular Hbond substituents is 1. The molecule has 0 unspecified atom stereocenters. The molecule has 2 nitrogen and oxygen atoms in total. The van der Waals surface area contributed by atoms with Gasteiger partial charge in [0.2, 0.25) is 0 Å². The average Bonchev–Trinajstić information content (AvgIpc) is 2.93. The maximum Gasteiger partial charge on any atom is 0.165 e. The zero-order valence-corrected chi connectivity index (χ0v) is 15.8. The monoisotopic (exact) mass is 358 g/mol. The second-order valence-corrected chi connectivity index (χ2v) is 8.87. The first kappa shape index (κ1) is 16.8. The molecule has 2 heteroatoms.